The number of nitrogens with one attached hydrogen (secondary N) is 1. The molecule has 0 radical (unpaired) electrons. The molecular formula is C23H18N2O5S. The monoisotopic (exact) mass is 434 g/mol. The molecule has 2 heterocycles. The molecule has 3 aromatic rings. The van der Waals surface area contributed by atoms with Gasteiger partial charge in [-0.3, -0.25) is 4.79 Å². The predicted octanol–water partition coefficient (Wildman–Crippen LogP) is 4.94. The second-order valence-electron chi connectivity index (χ2n) is 6.49. The summed E-state index contributed by atoms with van der Waals surface area (Å²) in [5, 5.41) is 12.2. The lowest BCUT2D eigenvalue weighted by Gasteiger charge is -2.02. The lowest BCUT2D eigenvalue weighted by Crippen LogP contribution is -2.19. The second kappa shape index (κ2) is 8.93. The zero-order valence-corrected chi connectivity index (χ0v) is 17.3. The van der Waals surface area contributed by atoms with E-state index in [4.69, 9.17) is 14.3 Å². The fourth-order valence-electron chi connectivity index (χ4n) is 2.87. The van der Waals surface area contributed by atoms with Crippen LogP contribution in [0.1, 0.15) is 23.0 Å². The van der Waals surface area contributed by atoms with Crippen LogP contribution >= 0.6 is 11.8 Å². The van der Waals surface area contributed by atoms with Crippen molar-refractivity contribution in [3.05, 3.63) is 76.9 Å². The Morgan fingerprint density at radius 2 is 1.87 bits per heavy atom. The van der Waals surface area contributed by atoms with E-state index in [1.54, 1.807) is 30.3 Å². The van der Waals surface area contributed by atoms with Crippen molar-refractivity contribution in [3.8, 4) is 17.1 Å². The average Bonchev–Trinajstić information content (AvgIpc) is 3.36. The van der Waals surface area contributed by atoms with Crippen molar-refractivity contribution in [1.29, 1.82) is 0 Å². The number of rotatable bonds is 6. The van der Waals surface area contributed by atoms with Crippen molar-refractivity contribution in [2.24, 2.45) is 4.99 Å². The van der Waals surface area contributed by atoms with Crippen molar-refractivity contribution in [1.82, 2.24) is 5.32 Å². The Bertz CT molecular complexity index is 1180. The number of amidine groups is 1. The van der Waals surface area contributed by atoms with Crippen LogP contribution in [0.3, 0.4) is 0 Å². The van der Waals surface area contributed by atoms with Crippen LogP contribution in [0.5, 0.6) is 5.75 Å². The molecule has 1 aliphatic rings. The highest BCUT2D eigenvalue weighted by molar-refractivity contribution is 8.18. The first kappa shape index (κ1) is 20.5. The number of nitrogens with zero attached hydrogens (tertiary/aromatic N) is 1. The number of ether oxygens (including phenoxy) is 1. The van der Waals surface area contributed by atoms with Crippen LogP contribution in [-0.2, 0) is 4.79 Å². The lowest BCUT2D eigenvalue weighted by atomic mass is 10.1. The molecule has 7 nitrogen and oxygen atoms in total. The average molecular weight is 434 g/mol. The molecular weight excluding hydrogens is 416 g/mol. The Balaban J connectivity index is 1.48. The van der Waals surface area contributed by atoms with Crippen LogP contribution in [-0.4, -0.2) is 28.8 Å². The van der Waals surface area contributed by atoms with Crippen LogP contribution in [0.25, 0.3) is 17.4 Å². The van der Waals surface area contributed by atoms with Gasteiger partial charge < -0.3 is 19.6 Å². The third kappa shape index (κ3) is 4.87. The minimum Gasteiger partial charge on any atom is -0.494 e. The molecule has 2 N–H and O–H groups in total. The van der Waals surface area contributed by atoms with E-state index in [1.807, 2.05) is 31.2 Å². The van der Waals surface area contributed by atoms with E-state index in [1.165, 1.54) is 23.9 Å². The summed E-state index contributed by atoms with van der Waals surface area (Å²) >= 11 is 1.23. The van der Waals surface area contributed by atoms with E-state index >= 15 is 0 Å². The van der Waals surface area contributed by atoms with Crippen molar-refractivity contribution in [2.75, 3.05) is 6.61 Å². The number of benzene rings is 2. The number of carboxylic acids is 1. The van der Waals surface area contributed by atoms with Crippen LogP contribution in [0.4, 0.5) is 5.69 Å². The van der Waals surface area contributed by atoms with Gasteiger partial charge in [-0.2, -0.15) is 0 Å². The molecule has 1 amide bonds. The first-order valence-corrected chi connectivity index (χ1v) is 10.3. The van der Waals surface area contributed by atoms with E-state index in [2.05, 4.69) is 10.3 Å². The van der Waals surface area contributed by atoms with E-state index in [0.717, 1.165) is 11.3 Å². The van der Waals surface area contributed by atoms with Gasteiger partial charge in [0, 0.05) is 11.6 Å². The molecule has 0 saturated carbocycles. The van der Waals surface area contributed by atoms with Gasteiger partial charge in [-0.1, -0.05) is 12.1 Å². The van der Waals surface area contributed by atoms with E-state index in [0.29, 0.717) is 33.9 Å². The van der Waals surface area contributed by atoms with Gasteiger partial charge in [0.1, 0.15) is 17.3 Å². The molecule has 1 fully saturated rings. The molecule has 0 atom stereocenters. The number of furan rings is 1. The van der Waals surface area contributed by atoms with Gasteiger partial charge in [0.05, 0.1) is 22.8 Å². The number of thioether (sulfide) groups is 1. The third-order valence-electron chi connectivity index (χ3n) is 4.35. The van der Waals surface area contributed by atoms with Gasteiger partial charge in [-0.15, -0.1) is 0 Å². The van der Waals surface area contributed by atoms with Gasteiger partial charge in [-0.05, 0) is 67.2 Å². The highest BCUT2D eigenvalue weighted by Crippen LogP contribution is 2.30. The molecule has 0 bridgehead atoms. The fraction of sp³-hybridized carbons (Fsp3) is 0.0870. The summed E-state index contributed by atoms with van der Waals surface area (Å²) in [7, 11) is 0. The van der Waals surface area contributed by atoms with Crippen molar-refractivity contribution in [2.45, 2.75) is 6.92 Å². The number of carbonyl (C=O) groups excluding carboxylic acids is 1. The number of aromatic carboxylic acids is 1. The Morgan fingerprint density at radius 3 is 2.55 bits per heavy atom. The predicted molar refractivity (Wildman–Crippen MR) is 120 cm³/mol. The van der Waals surface area contributed by atoms with E-state index in [-0.39, 0.29) is 11.5 Å². The Kier molecular flexibility index (Phi) is 5.90. The molecule has 0 unspecified atom stereocenters. The summed E-state index contributed by atoms with van der Waals surface area (Å²) in [4.78, 5) is 28.2. The first-order valence-electron chi connectivity index (χ1n) is 9.48. The first-order chi connectivity index (χ1) is 15.0. The second-order valence-corrected chi connectivity index (χ2v) is 7.52. The summed E-state index contributed by atoms with van der Waals surface area (Å²) in [5.74, 6) is 0.621. The minimum absolute atomic E-state index is 0.205. The topological polar surface area (TPSA) is 101 Å². The van der Waals surface area contributed by atoms with Crippen molar-refractivity contribution >= 4 is 40.6 Å². The molecule has 2 aromatic carbocycles. The van der Waals surface area contributed by atoms with Gasteiger partial charge in [-0.25, -0.2) is 9.79 Å². The summed E-state index contributed by atoms with van der Waals surface area (Å²) < 4.78 is 11.2. The molecule has 0 spiro atoms. The Morgan fingerprint density at radius 1 is 1.13 bits per heavy atom. The molecule has 0 aliphatic carbocycles. The van der Waals surface area contributed by atoms with Crippen LogP contribution in [0.15, 0.2) is 75.0 Å². The minimum atomic E-state index is -0.983. The molecule has 156 valence electrons. The number of hydrogen-bond donors (Lipinski definition) is 2. The SMILES string of the molecule is CCOc1ccc(N=C2NC(=O)C(=Cc3ccc(-c4ccc(C(=O)O)cc4)o3)S2)cc1. The summed E-state index contributed by atoms with van der Waals surface area (Å²) in [6, 6.07) is 17.2. The Labute approximate surface area is 182 Å². The molecule has 31 heavy (non-hydrogen) atoms. The van der Waals surface area contributed by atoms with Gasteiger partial charge in [0.2, 0.25) is 0 Å². The summed E-state index contributed by atoms with van der Waals surface area (Å²) in [5.41, 5.74) is 1.66. The highest BCUT2D eigenvalue weighted by Gasteiger charge is 2.24. The van der Waals surface area contributed by atoms with Gasteiger partial charge in [0.15, 0.2) is 5.17 Å². The van der Waals surface area contributed by atoms with Crippen molar-refractivity contribution in [3.63, 3.8) is 0 Å². The number of hydrogen-bond acceptors (Lipinski definition) is 6. The fourth-order valence-corrected chi connectivity index (χ4v) is 3.70. The number of carboxylic acid groups (broad SMARTS) is 1. The number of carbonyl (C=O) groups is 2. The maximum atomic E-state index is 12.3. The van der Waals surface area contributed by atoms with Crippen LogP contribution in [0, 0.1) is 0 Å². The number of aliphatic imine (C=N–C) groups is 1. The number of amides is 1. The zero-order chi connectivity index (χ0) is 21.8. The lowest BCUT2D eigenvalue weighted by molar-refractivity contribution is -0.115. The van der Waals surface area contributed by atoms with Crippen LogP contribution in [0.2, 0.25) is 0 Å². The molecule has 8 heteroatoms. The normalized spacial score (nSPS) is 16.0. The van der Waals surface area contributed by atoms with Gasteiger partial charge in [0.25, 0.3) is 5.91 Å². The summed E-state index contributed by atoms with van der Waals surface area (Å²) in [6.45, 7) is 2.51. The molecule has 4 rings (SSSR count). The highest BCUT2D eigenvalue weighted by atomic mass is 32.2. The smallest absolute Gasteiger partial charge is 0.335 e. The molecule has 1 saturated heterocycles. The maximum Gasteiger partial charge on any atom is 0.335 e. The molecule has 1 aliphatic heterocycles. The quantitative estimate of drug-likeness (QED) is 0.533. The van der Waals surface area contributed by atoms with Crippen molar-refractivity contribution < 1.29 is 23.8 Å². The maximum absolute atomic E-state index is 12.3. The standard InChI is InChI=1S/C23H18N2O5S/c1-2-29-17-9-7-16(8-10-17)24-23-25-21(26)20(31-23)13-18-11-12-19(30-18)14-3-5-15(6-4-14)22(27)28/h3-13H,2H2,1H3,(H,27,28)(H,24,25,26). The largest absolute Gasteiger partial charge is 0.494 e. The zero-order valence-electron chi connectivity index (χ0n) is 16.5. The third-order valence-corrected chi connectivity index (χ3v) is 5.26. The van der Waals surface area contributed by atoms with E-state index < -0.39 is 5.97 Å². The van der Waals surface area contributed by atoms with Gasteiger partial charge >= 0.3 is 5.97 Å². The molecule has 1 aromatic heterocycles. The van der Waals surface area contributed by atoms with E-state index in [9.17, 15) is 9.59 Å². The summed E-state index contributed by atoms with van der Waals surface area (Å²) in [6.07, 6.45) is 1.65. The Hall–Kier alpha value is -3.78. The van der Waals surface area contributed by atoms with Crippen LogP contribution < -0.4 is 10.1 Å².